The Morgan fingerprint density at radius 3 is 2.71 bits per heavy atom. The van der Waals surface area contributed by atoms with Gasteiger partial charge in [0.2, 0.25) is 0 Å². The summed E-state index contributed by atoms with van der Waals surface area (Å²) in [5.41, 5.74) is 4.25. The number of thiophene rings is 1. The van der Waals surface area contributed by atoms with Crippen molar-refractivity contribution in [1.29, 1.82) is 0 Å². The first kappa shape index (κ1) is 8.25. The second kappa shape index (κ2) is 3.25. The predicted molar refractivity (Wildman–Crippen MR) is 61.7 cm³/mol. The molecule has 1 aliphatic rings. The molecule has 0 N–H and O–H groups in total. The van der Waals surface area contributed by atoms with Gasteiger partial charge in [-0.05, 0) is 52.3 Å². The Kier molecular flexibility index (Phi) is 1.91. The average molecular weight is 200 g/mol. The van der Waals surface area contributed by atoms with Crippen LogP contribution >= 0.6 is 11.3 Å². The predicted octanol–water partition coefficient (Wildman–Crippen LogP) is 4.29. The summed E-state index contributed by atoms with van der Waals surface area (Å²) >= 11 is 1.76. The molecule has 14 heavy (non-hydrogen) atoms. The largest absolute Gasteiger partial charge is 0.152 e. The van der Waals surface area contributed by atoms with Crippen molar-refractivity contribution in [2.75, 3.05) is 0 Å². The van der Waals surface area contributed by atoms with Crippen molar-refractivity contribution >= 4 is 11.3 Å². The highest BCUT2D eigenvalue weighted by Gasteiger charge is 2.23. The molecular formula is C13H12S. The first-order valence-electron chi connectivity index (χ1n) is 5.06. The van der Waals surface area contributed by atoms with Crippen LogP contribution in [0.15, 0.2) is 41.1 Å². The standard InChI is InChI=1S/C13H12S/c1-2-11(10-4-5-10)8-12(3-1)13-6-7-14-9-13/h1-3,6-10H,4-5H2. The SMILES string of the molecule is c1cc(-c2ccsc2)cc(C2CC2)c1. The second-order valence-corrected chi connectivity index (χ2v) is 4.69. The number of hydrogen-bond acceptors (Lipinski definition) is 1. The lowest BCUT2D eigenvalue weighted by molar-refractivity contribution is 1.13. The summed E-state index contributed by atoms with van der Waals surface area (Å²) in [4.78, 5) is 0. The van der Waals surface area contributed by atoms with Gasteiger partial charge in [-0.15, -0.1) is 0 Å². The van der Waals surface area contributed by atoms with Crippen LogP contribution in [-0.2, 0) is 0 Å². The Labute approximate surface area is 88.2 Å². The van der Waals surface area contributed by atoms with Crippen LogP contribution < -0.4 is 0 Å². The minimum atomic E-state index is 0.855. The monoisotopic (exact) mass is 200 g/mol. The zero-order valence-electron chi connectivity index (χ0n) is 7.94. The van der Waals surface area contributed by atoms with E-state index >= 15 is 0 Å². The van der Waals surface area contributed by atoms with Gasteiger partial charge in [-0.1, -0.05) is 24.3 Å². The molecule has 0 saturated heterocycles. The van der Waals surface area contributed by atoms with Gasteiger partial charge in [0.1, 0.15) is 0 Å². The maximum Gasteiger partial charge on any atom is -0.00147 e. The van der Waals surface area contributed by atoms with E-state index in [9.17, 15) is 0 Å². The van der Waals surface area contributed by atoms with Gasteiger partial charge >= 0.3 is 0 Å². The topological polar surface area (TPSA) is 0 Å². The smallest absolute Gasteiger partial charge is 0.00147 e. The lowest BCUT2D eigenvalue weighted by atomic mass is 10.0. The molecule has 1 heteroatoms. The van der Waals surface area contributed by atoms with Gasteiger partial charge < -0.3 is 0 Å². The zero-order chi connectivity index (χ0) is 9.38. The Bertz CT molecular complexity index is 424. The molecule has 0 amide bonds. The fraction of sp³-hybridized carbons (Fsp3) is 0.231. The van der Waals surface area contributed by atoms with Crippen LogP contribution in [0.5, 0.6) is 0 Å². The van der Waals surface area contributed by atoms with Crippen LogP contribution in [0.25, 0.3) is 11.1 Å². The molecule has 1 aliphatic carbocycles. The summed E-state index contributed by atoms with van der Waals surface area (Å²) in [6.07, 6.45) is 2.76. The van der Waals surface area contributed by atoms with Crippen molar-refractivity contribution in [2.24, 2.45) is 0 Å². The van der Waals surface area contributed by atoms with Crippen LogP contribution in [0.1, 0.15) is 24.3 Å². The average Bonchev–Trinajstić information content (AvgIpc) is 2.94. The van der Waals surface area contributed by atoms with Crippen molar-refractivity contribution in [2.45, 2.75) is 18.8 Å². The number of benzene rings is 1. The molecule has 1 fully saturated rings. The summed E-state index contributed by atoms with van der Waals surface area (Å²) < 4.78 is 0. The third-order valence-electron chi connectivity index (χ3n) is 2.79. The highest BCUT2D eigenvalue weighted by Crippen LogP contribution is 2.41. The molecule has 0 unspecified atom stereocenters. The van der Waals surface area contributed by atoms with Gasteiger partial charge in [0.25, 0.3) is 0 Å². The van der Waals surface area contributed by atoms with Crippen molar-refractivity contribution in [3.63, 3.8) is 0 Å². The third kappa shape index (κ3) is 1.48. The maximum atomic E-state index is 2.35. The number of hydrogen-bond donors (Lipinski definition) is 0. The van der Waals surface area contributed by atoms with Crippen LogP contribution in [0.3, 0.4) is 0 Å². The van der Waals surface area contributed by atoms with Crippen molar-refractivity contribution in [3.8, 4) is 11.1 Å². The Balaban J connectivity index is 2.02. The second-order valence-electron chi connectivity index (χ2n) is 3.91. The third-order valence-corrected chi connectivity index (χ3v) is 3.47. The molecule has 1 saturated carbocycles. The van der Waals surface area contributed by atoms with Crippen molar-refractivity contribution in [1.82, 2.24) is 0 Å². The zero-order valence-corrected chi connectivity index (χ0v) is 8.76. The summed E-state index contributed by atoms with van der Waals surface area (Å²) in [6, 6.07) is 11.2. The highest BCUT2D eigenvalue weighted by atomic mass is 32.1. The minimum absolute atomic E-state index is 0.855. The fourth-order valence-electron chi connectivity index (χ4n) is 1.82. The number of rotatable bonds is 2. The van der Waals surface area contributed by atoms with E-state index in [2.05, 4.69) is 41.1 Å². The van der Waals surface area contributed by atoms with Crippen molar-refractivity contribution < 1.29 is 0 Å². The molecular weight excluding hydrogens is 188 g/mol. The van der Waals surface area contributed by atoms with Crippen LogP contribution in [-0.4, -0.2) is 0 Å². The molecule has 70 valence electrons. The molecule has 0 spiro atoms. The van der Waals surface area contributed by atoms with Gasteiger partial charge in [-0.25, -0.2) is 0 Å². The Morgan fingerprint density at radius 2 is 2.00 bits per heavy atom. The molecule has 3 rings (SSSR count). The van der Waals surface area contributed by atoms with E-state index < -0.39 is 0 Å². The molecule has 1 aromatic carbocycles. The summed E-state index contributed by atoms with van der Waals surface area (Å²) in [7, 11) is 0. The van der Waals surface area contributed by atoms with Gasteiger partial charge in [0, 0.05) is 0 Å². The molecule has 1 aromatic heterocycles. The lowest BCUT2D eigenvalue weighted by Gasteiger charge is -2.01. The van der Waals surface area contributed by atoms with E-state index in [0.29, 0.717) is 0 Å². The van der Waals surface area contributed by atoms with Crippen LogP contribution in [0.2, 0.25) is 0 Å². The van der Waals surface area contributed by atoms with E-state index in [4.69, 9.17) is 0 Å². The molecule has 0 aliphatic heterocycles. The molecule has 2 aromatic rings. The molecule has 0 radical (unpaired) electrons. The van der Waals surface area contributed by atoms with Gasteiger partial charge in [0.05, 0.1) is 0 Å². The van der Waals surface area contributed by atoms with Gasteiger partial charge in [-0.2, -0.15) is 11.3 Å². The van der Waals surface area contributed by atoms with Gasteiger partial charge in [0.15, 0.2) is 0 Å². The first-order chi connectivity index (χ1) is 6.93. The van der Waals surface area contributed by atoms with E-state index in [-0.39, 0.29) is 0 Å². The van der Waals surface area contributed by atoms with Gasteiger partial charge in [-0.3, -0.25) is 0 Å². The fourth-order valence-corrected chi connectivity index (χ4v) is 2.48. The Morgan fingerprint density at radius 1 is 1.07 bits per heavy atom. The van der Waals surface area contributed by atoms with E-state index in [1.54, 1.807) is 11.3 Å². The lowest BCUT2D eigenvalue weighted by Crippen LogP contribution is -1.80. The molecule has 0 nitrogen and oxygen atoms in total. The van der Waals surface area contributed by atoms with Crippen LogP contribution in [0.4, 0.5) is 0 Å². The summed E-state index contributed by atoms with van der Waals surface area (Å²) in [6.45, 7) is 0. The normalized spacial score (nSPS) is 15.7. The Hall–Kier alpha value is -1.08. The van der Waals surface area contributed by atoms with Crippen molar-refractivity contribution in [3.05, 3.63) is 46.7 Å². The van der Waals surface area contributed by atoms with E-state index in [0.717, 1.165) is 5.92 Å². The molecule has 0 bridgehead atoms. The maximum absolute atomic E-state index is 2.35. The molecule has 0 atom stereocenters. The van der Waals surface area contributed by atoms with Crippen LogP contribution in [0, 0.1) is 0 Å². The van der Waals surface area contributed by atoms with E-state index in [1.807, 2.05) is 0 Å². The summed E-state index contributed by atoms with van der Waals surface area (Å²) in [5, 5.41) is 4.35. The quantitative estimate of drug-likeness (QED) is 0.678. The van der Waals surface area contributed by atoms with E-state index in [1.165, 1.54) is 29.5 Å². The summed E-state index contributed by atoms with van der Waals surface area (Å²) in [5.74, 6) is 0.855. The molecule has 1 heterocycles. The first-order valence-corrected chi connectivity index (χ1v) is 6.00. The highest BCUT2D eigenvalue weighted by molar-refractivity contribution is 7.08. The minimum Gasteiger partial charge on any atom is -0.152 e.